The number of phosphoric acid groups is 1. The normalized spacial score (nSPS) is 37.9. The van der Waals surface area contributed by atoms with Gasteiger partial charge in [0.25, 0.3) is 0 Å². The Morgan fingerprint density at radius 1 is 1.54 bits per heavy atom. The molecule has 10 nitrogen and oxygen atoms in total. The molecule has 2 aromatic heterocycles. The number of halogens is 1. The van der Waals surface area contributed by atoms with Gasteiger partial charge in [-0.3, -0.25) is 13.6 Å². The van der Waals surface area contributed by atoms with E-state index < -0.39 is 37.4 Å². The Kier molecular flexibility index (Phi) is 4.26. The number of nitrogens with zero attached hydrogens (tertiary/aromatic N) is 4. The van der Waals surface area contributed by atoms with Crippen molar-refractivity contribution >= 4 is 19.2 Å². The van der Waals surface area contributed by atoms with Crippen molar-refractivity contribution in [3.63, 3.8) is 0 Å². The Labute approximate surface area is 159 Å². The summed E-state index contributed by atoms with van der Waals surface area (Å²) in [6.45, 7) is 4.21. The zero-order valence-corrected chi connectivity index (χ0v) is 16.3. The molecular weight excluding hydrogens is 392 g/mol. The average Bonchev–Trinajstić information content (AvgIpc) is 3.13. The van der Waals surface area contributed by atoms with Crippen LogP contribution in [0.4, 0.5) is 10.2 Å². The van der Waals surface area contributed by atoms with Crippen molar-refractivity contribution in [1.82, 2.24) is 14.6 Å². The minimum atomic E-state index is -4.00. The third-order valence-electron chi connectivity index (χ3n) is 4.87. The SMILES string of the molecule is CC(C)OP1(=O)OCC2OC(C#N)(c3ccc4c(N)ncnn34)C(C)(F)C2O1. The number of aromatic nitrogens is 3. The van der Waals surface area contributed by atoms with Crippen LogP contribution in [0.1, 0.15) is 26.5 Å². The Balaban J connectivity index is 1.80. The summed E-state index contributed by atoms with van der Waals surface area (Å²) in [5, 5.41) is 14.0. The van der Waals surface area contributed by atoms with E-state index in [1.807, 2.05) is 6.07 Å². The van der Waals surface area contributed by atoms with E-state index in [-0.39, 0.29) is 18.1 Å². The van der Waals surface area contributed by atoms with E-state index in [1.165, 1.54) is 16.9 Å². The zero-order chi connectivity index (χ0) is 20.3. The molecule has 0 aromatic carbocycles. The number of nitrogens with two attached hydrogens (primary N) is 1. The van der Waals surface area contributed by atoms with Crippen molar-refractivity contribution in [3.05, 3.63) is 24.2 Å². The molecular formula is C16H19FN5O5P. The standard InChI is InChI=1S/C16H19FN5O5P/c1-9(2)26-28(23)24-6-11-13(27-28)15(3,17)16(7-18,25-11)12-5-4-10-14(19)20-8-21-22(10)12/h4-5,8-9,11,13H,6H2,1-3H3,(H2,19,20,21). The predicted octanol–water partition coefficient (Wildman–Crippen LogP) is 2.11. The van der Waals surface area contributed by atoms with Crippen LogP contribution in [-0.4, -0.2) is 45.2 Å². The first-order valence-corrected chi connectivity index (χ1v) is 10.1. The number of nitrogen functional groups attached to an aromatic ring is 1. The number of hydrogen-bond donors (Lipinski definition) is 1. The van der Waals surface area contributed by atoms with Gasteiger partial charge in [0.2, 0.25) is 5.60 Å². The first-order chi connectivity index (χ1) is 13.1. The third kappa shape index (κ3) is 2.57. The number of phosphoric ester groups is 1. The van der Waals surface area contributed by atoms with Gasteiger partial charge in [-0.1, -0.05) is 0 Å². The van der Waals surface area contributed by atoms with Crippen molar-refractivity contribution in [2.45, 2.75) is 50.4 Å². The molecule has 5 atom stereocenters. The van der Waals surface area contributed by atoms with Crippen LogP contribution < -0.4 is 5.73 Å². The fourth-order valence-corrected chi connectivity index (χ4v) is 5.24. The van der Waals surface area contributed by atoms with Gasteiger partial charge in [-0.2, -0.15) is 10.4 Å². The van der Waals surface area contributed by atoms with Crippen LogP contribution in [0.25, 0.3) is 5.52 Å². The van der Waals surface area contributed by atoms with Gasteiger partial charge in [-0.05, 0) is 32.9 Å². The van der Waals surface area contributed by atoms with E-state index in [9.17, 15) is 9.83 Å². The molecule has 0 aliphatic carbocycles. The molecule has 0 amide bonds. The quantitative estimate of drug-likeness (QED) is 0.754. The van der Waals surface area contributed by atoms with Crippen LogP contribution in [0.3, 0.4) is 0 Å². The molecule has 2 fully saturated rings. The topological polar surface area (TPSA) is 134 Å². The summed E-state index contributed by atoms with van der Waals surface area (Å²) in [5.41, 5.74) is 1.83. The molecule has 28 heavy (non-hydrogen) atoms. The fourth-order valence-electron chi connectivity index (χ4n) is 3.61. The maximum Gasteiger partial charge on any atom is 0.475 e. The summed E-state index contributed by atoms with van der Waals surface area (Å²) in [5.74, 6) is 0.166. The molecule has 0 saturated carbocycles. The number of rotatable bonds is 3. The molecule has 2 aliphatic heterocycles. The van der Waals surface area contributed by atoms with E-state index in [0.717, 1.165) is 6.92 Å². The second-order valence-electron chi connectivity index (χ2n) is 7.11. The highest BCUT2D eigenvalue weighted by molar-refractivity contribution is 7.48. The summed E-state index contributed by atoms with van der Waals surface area (Å²) >= 11 is 0. The number of alkyl halides is 1. The van der Waals surface area contributed by atoms with Crippen LogP contribution in [0.15, 0.2) is 18.5 Å². The first-order valence-electron chi connectivity index (χ1n) is 8.61. The van der Waals surface area contributed by atoms with Gasteiger partial charge >= 0.3 is 7.82 Å². The van der Waals surface area contributed by atoms with E-state index in [4.69, 9.17) is 24.0 Å². The van der Waals surface area contributed by atoms with Gasteiger partial charge in [0.05, 0.1) is 18.4 Å². The second kappa shape index (κ2) is 6.20. The molecule has 4 heterocycles. The van der Waals surface area contributed by atoms with Gasteiger partial charge < -0.3 is 10.5 Å². The Bertz CT molecular complexity index is 1020. The highest BCUT2D eigenvalue weighted by Crippen LogP contribution is 2.62. The van der Waals surface area contributed by atoms with E-state index >= 15 is 4.39 Å². The summed E-state index contributed by atoms with van der Waals surface area (Å²) in [4.78, 5) is 3.88. The number of anilines is 1. The second-order valence-corrected chi connectivity index (χ2v) is 8.68. The average molecular weight is 411 g/mol. The van der Waals surface area contributed by atoms with Crippen molar-refractivity contribution < 1.29 is 27.3 Å². The molecule has 2 aliphatic rings. The van der Waals surface area contributed by atoms with Crippen molar-refractivity contribution in [1.29, 1.82) is 5.26 Å². The largest absolute Gasteiger partial charge is 0.475 e. The Hall–Kier alpha value is -2.09. The lowest BCUT2D eigenvalue weighted by Gasteiger charge is -2.35. The number of ether oxygens (including phenoxy) is 1. The van der Waals surface area contributed by atoms with Crippen LogP contribution >= 0.6 is 7.82 Å². The lowest BCUT2D eigenvalue weighted by Crippen LogP contribution is -2.50. The van der Waals surface area contributed by atoms with Gasteiger partial charge in [0.1, 0.15) is 30.1 Å². The van der Waals surface area contributed by atoms with Crippen LogP contribution in [-0.2, 0) is 28.5 Å². The first kappa shape index (κ1) is 19.2. The molecule has 0 bridgehead atoms. The molecule has 0 radical (unpaired) electrons. The van der Waals surface area contributed by atoms with Crippen molar-refractivity contribution in [3.8, 4) is 6.07 Å². The van der Waals surface area contributed by atoms with Gasteiger partial charge in [0.15, 0.2) is 11.5 Å². The number of fused-ring (bicyclic) bond motifs is 2. The van der Waals surface area contributed by atoms with Gasteiger partial charge in [-0.15, -0.1) is 0 Å². The Morgan fingerprint density at radius 2 is 2.29 bits per heavy atom. The number of hydrogen-bond acceptors (Lipinski definition) is 9. The summed E-state index contributed by atoms with van der Waals surface area (Å²) in [6.07, 6.45) is -1.60. The van der Waals surface area contributed by atoms with E-state index in [1.54, 1.807) is 19.9 Å². The highest BCUT2D eigenvalue weighted by Gasteiger charge is 2.70. The molecule has 2 aromatic rings. The van der Waals surface area contributed by atoms with Gasteiger partial charge in [0, 0.05) is 0 Å². The molecule has 4 rings (SSSR count). The molecule has 12 heteroatoms. The third-order valence-corrected chi connectivity index (χ3v) is 6.50. The smallest absolute Gasteiger partial charge is 0.382 e. The fraction of sp³-hybridized carbons (Fsp3) is 0.562. The van der Waals surface area contributed by atoms with Crippen molar-refractivity contribution in [2.75, 3.05) is 12.3 Å². The lowest BCUT2D eigenvalue weighted by atomic mass is 9.82. The maximum absolute atomic E-state index is 16.1. The molecule has 5 unspecified atom stereocenters. The van der Waals surface area contributed by atoms with Crippen LogP contribution in [0.2, 0.25) is 0 Å². The molecule has 0 spiro atoms. The van der Waals surface area contributed by atoms with Crippen LogP contribution in [0.5, 0.6) is 0 Å². The molecule has 2 saturated heterocycles. The summed E-state index contributed by atoms with van der Waals surface area (Å²) < 4.78 is 51.8. The predicted molar refractivity (Wildman–Crippen MR) is 93.7 cm³/mol. The zero-order valence-electron chi connectivity index (χ0n) is 15.4. The summed E-state index contributed by atoms with van der Waals surface area (Å²) in [7, 11) is -4.00. The minimum Gasteiger partial charge on any atom is -0.382 e. The molecule has 2 N–H and O–H groups in total. The van der Waals surface area contributed by atoms with Crippen molar-refractivity contribution in [2.24, 2.45) is 0 Å². The van der Waals surface area contributed by atoms with E-state index in [2.05, 4.69) is 10.1 Å². The minimum absolute atomic E-state index is 0.113. The van der Waals surface area contributed by atoms with E-state index in [0.29, 0.717) is 5.52 Å². The Morgan fingerprint density at radius 3 is 2.96 bits per heavy atom. The van der Waals surface area contributed by atoms with Crippen LogP contribution in [0, 0.1) is 11.3 Å². The lowest BCUT2D eigenvalue weighted by molar-refractivity contribution is -0.0802. The van der Waals surface area contributed by atoms with Gasteiger partial charge in [-0.25, -0.2) is 18.5 Å². The molecule has 150 valence electrons. The number of nitriles is 1. The monoisotopic (exact) mass is 411 g/mol. The summed E-state index contributed by atoms with van der Waals surface area (Å²) in [6, 6.07) is 4.98. The maximum atomic E-state index is 16.1. The highest BCUT2D eigenvalue weighted by atomic mass is 31.2.